The number of hydrogen-bond donors (Lipinski definition) is 2. The summed E-state index contributed by atoms with van der Waals surface area (Å²) in [5.41, 5.74) is 1.72. The third-order valence-electron chi connectivity index (χ3n) is 4.74. The lowest BCUT2D eigenvalue weighted by molar-refractivity contribution is 0.0940. The molecule has 2 N–H and O–H groups in total. The molecule has 24 heavy (non-hydrogen) atoms. The van der Waals surface area contributed by atoms with Crippen LogP contribution in [0.2, 0.25) is 0 Å². The van der Waals surface area contributed by atoms with E-state index in [2.05, 4.69) is 32.7 Å². The zero-order chi connectivity index (χ0) is 16.4. The van der Waals surface area contributed by atoms with E-state index in [1.54, 1.807) is 17.5 Å². The SMILES string of the molecule is O=C(NC[C@H](c1cccs1)N1CCCC1)c1c[nH]c2ccccc12. The lowest BCUT2D eigenvalue weighted by Gasteiger charge is -2.26. The summed E-state index contributed by atoms with van der Waals surface area (Å²) in [7, 11) is 0. The van der Waals surface area contributed by atoms with Crippen LogP contribution in [0, 0.1) is 0 Å². The van der Waals surface area contributed by atoms with Crippen LogP contribution < -0.4 is 5.32 Å². The number of carbonyl (C=O) groups is 1. The van der Waals surface area contributed by atoms with E-state index < -0.39 is 0 Å². The van der Waals surface area contributed by atoms with E-state index in [9.17, 15) is 4.79 Å². The number of carbonyl (C=O) groups excluding carboxylic acids is 1. The Kier molecular flexibility index (Phi) is 4.36. The third-order valence-corrected chi connectivity index (χ3v) is 5.72. The van der Waals surface area contributed by atoms with Crippen molar-refractivity contribution < 1.29 is 4.79 Å². The molecule has 3 aromatic rings. The van der Waals surface area contributed by atoms with E-state index in [1.165, 1.54) is 17.7 Å². The highest BCUT2D eigenvalue weighted by Crippen LogP contribution is 2.28. The largest absolute Gasteiger partial charge is 0.360 e. The second-order valence-corrected chi connectivity index (χ2v) is 7.21. The number of thiophene rings is 1. The number of nitrogens with one attached hydrogen (secondary N) is 2. The first-order valence-electron chi connectivity index (χ1n) is 8.45. The molecule has 1 aliphatic rings. The van der Waals surface area contributed by atoms with Crippen LogP contribution in [-0.4, -0.2) is 35.4 Å². The number of H-pyrrole nitrogens is 1. The van der Waals surface area contributed by atoms with Crippen molar-refractivity contribution >= 4 is 28.1 Å². The summed E-state index contributed by atoms with van der Waals surface area (Å²) in [5, 5.41) is 6.24. The Morgan fingerprint density at radius 2 is 2.04 bits per heavy atom. The van der Waals surface area contributed by atoms with E-state index >= 15 is 0 Å². The number of aromatic amines is 1. The third kappa shape index (κ3) is 2.97. The summed E-state index contributed by atoms with van der Waals surface area (Å²) in [5.74, 6) is -0.00629. The van der Waals surface area contributed by atoms with Crippen LogP contribution in [0.3, 0.4) is 0 Å². The van der Waals surface area contributed by atoms with E-state index in [-0.39, 0.29) is 11.9 Å². The van der Waals surface area contributed by atoms with Crippen LogP contribution in [0.15, 0.2) is 48.0 Å². The summed E-state index contributed by atoms with van der Waals surface area (Å²) >= 11 is 1.77. The number of nitrogens with zero attached hydrogens (tertiary/aromatic N) is 1. The summed E-state index contributed by atoms with van der Waals surface area (Å²) < 4.78 is 0. The molecule has 1 amide bonds. The molecule has 1 aliphatic heterocycles. The summed E-state index contributed by atoms with van der Waals surface area (Å²) in [6.45, 7) is 2.88. The van der Waals surface area contributed by atoms with Gasteiger partial charge < -0.3 is 10.3 Å². The van der Waals surface area contributed by atoms with Crippen LogP contribution in [0.1, 0.15) is 34.1 Å². The Balaban J connectivity index is 1.50. The molecule has 5 heteroatoms. The predicted octanol–water partition coefficient (Wildman–Crippen LogP) is 3.80. The average molecular weight is 339 g/mol. The fourth-order valence-corrected chi connectivity index (χ4v) is 4.35. The van der Waals surface area contributed by atoms with Gasteiger partial charge in [0.25, 0.3) is 5.91 Å². The van der Waals surface area contributed by atoms with Gasteiger partial charge in [0.05, 0.1) is 11.6 Å². The number of hydrogen-bond acceptors (Lipinski definition) is 3. The van der Waals surface area contributed by atoms with Gasteiger partial charge in [-0.2, -0.15) is 0 Å². The van der Waals surface area contributed by atoms with Gasteiger partial charge in [0.2, 0.25) is 0 Å². The topological polar surface area (TPSA) is 48.1 Å². The Hall–Kier alpha value is -2.11. The maximum absolute atomic E-state index is 12.7. The van der Waals surface area contributed by atoms with Crippen molar-refractivity contribution in [3.05, 3.63) is 58.4 Å². The number of likely N-dealkylation sites (tertiary alicyclic amines) is 1. The van der Waals surface area contributed by atoms with Gasteiger partial charge in [-0.15, -0.1) is 11.3 Å². The molecule has 0 aliphatic carbocycles. The molecule has 124 valence electrons. The highest BCUT2D eigenvalue weighted by molar-refractivity contribution is 7.10. The fraction of sp³-hybridized carbons (Fsp3) is 0.316. The molecule has 0 spiro atoms. The van der Waals surface area contributed by atoms with Gasteiger partial charge in [-0.3, -0.25) is 9.69 Å². The van der Waals surface area contributed by atoms with Gasteiger partial charge in [0, 0.05) is 28.5 Å². The molecule has 0 saturated carbocycles. The van der Waals surface area contributed by atoms with Crippen LogP contribution in [0.4, 0.5) is 0 Å². The lowest BCUT2D eigenvalue weighted by Crippen LogP contribution is -2.36. The van der Waals surface area contributed by atoms with Gasteiger partial charge in [-0.05, 0) is 43.4 Å². The molecular weight excluding hydrogens is 318 g/mol. The highest BCUT2D eigenvalue weighted by atomic mass is 32.1. The first-order chi connectivity index (χ1) is 11.8. The number of amides is 1. The number of rotatable bonds is 5. The smallest absolute Gasteiger partial charge is 0.253 e. The molecule has 1 aromatic carbocycles. The molecule has 0 radical (unpaired) electrons. The van der Waals surface area contributed by atoms with Crippen LogP contribution in [0.5, 0.6) is 0 Å². The monoisotopic (exact) mass is 339 g/mol. The first kappa shape index (κ1) is 15.4. The summed E-state index contributed by atoms with van der Waals surface area (Å²) in [6.07, 6.45) is 4.30. The molecule has 1 saturated heterocycles. The van der Waals surface area contributed by atoms with Crippen molar-refractivity contribution in [3.63, 3.8) is 0 Å². The number of fused-ring (bicyclic) bond motifs is 1. The predicted molar refractivity (Wildman–Crippen MR) is 98.5 cm³/mol. The average Bonchev–Trinajstić information content (AvgIpc) is 3.36. The Bertz CT molecular complexity index is 818. The van der Waals surface area contributed by atoms with E-state index in [1.807, 2.05) is 24.3 Å². The van der Waals surface area contributed by atoms with Gasteiger partial charge in [-0.25, -0.2) is 0 Å². The van der Waals surface area contributed by atoms with Gasteiger partial charge in [0.15, 0.2) is 0 Å². The van der Waals surface area contributed by atoms with E-state index in [0.717, 1.165) is 29.6 Å². The molecule has 2 aromatic heterocycles. The highest BCUT2D eigenvalue weighted by Gasteiger charge is 2.25. The number of benzene rings is 1. The molecule has 4 nitrogen and oxygen atoms in total. The quantitative estimate of drug-likeness (QED) is 0.743. The lowest BCUT2D eigenvalue weighted by atomic mass is 10.1. The molecule has 1 fully saturated rings. The normalized spacial score (nSPS) is 16.5. The van der Waals surface area contributed by atoms with Crippen molar-refractivity contribution in [3.8, 4) is 0 Å². The van der Waals surface area contributed by atoms with Crippen LogP contribution in [-0.2, 0) is 0 Å². The minimum atomic E-state index is -0.00629. The molecule has 3 heterocycles. The van der Waals surface area contributed by atoms with Gasteiger partial charge >= 0.3 is 0 Å². The minimum absolute atomic E-state index is 0.00629. The zero-order valence-electron chi connectivity index (χ0n) is 13.5. The van der Waals surface area contributed by atoms with Gasteiger partial charge in [0.1, 0.15) is 0 Å². The van der Waals surface area contributed by atoms with Crippen molar-refractivity contribution in [2.45, 2.75) is 18.9 Å². The van der Waals surface area contributed by atoms with Gasteiger partial charge in [-0.1, -0.05) is 24.3 Å². The fourth-order valence-electron chi connectivity index (χ4n) is 3.49. The molecule has 1 atom stereocenters. The molecular formula is C19H21N3OS. The maximum Gasteiger partial charge on any atom is 0.253 e. The van der Waals surface area contributed by atoms with Crippen molar-refractivity contribution in [1.29, 1.82) is 0 Å². The van der Waals surface area contributed by atoms with E-state index in [4.69, 9.17) is 0 Å². The van der Waals surface area contributed by atoms with Crippen molar-refractivity contribution in [2.75, 3.05) is 19.6 Å². The second kappa shape index (κ2) is 6.79. The molecule has 0 bridgehead atoms. The first-order valence-corrected chi connectivity index (χ1v) is 9.32. The summed E-state index contributed by atoms with van der Waals surface area (Å²) in [4.78, 5) is 19.6. The number of para-hydroxylation sites is 1. The van der Waals surface area contributed by atoms with Crippen LogP contribution in [0.25, 0.3) is 10.9 Å². The van der Waals surface area contributed by atoms with Crippen molar-refractivity contribution in [2.24, 2.45) is 0 Å². The standard InChI is InChI=1S/C19H21N3OS/c23-19(15-12-20-16-7-2-1-6-14(15)16)21-13-17(18-8-5-11-24-18)22-9-3-4-10-22/h1-2,5-8,11-12,17,20H,3-4,9-10,13H2,(H,21,23)/t17-/m1/s1. The Morgan fingerprint density at radius 1 is 1.21 bits per heavy atom. The van der Waals surface area contributed by atoms with Crippen LogP contribution >= 0.6 is 11.3 Å². The second-order valence-electron chi connectivity index (χ2n) is 6.23. The number of aromatic nitrogens is 1. The molecule has 4 rings (SSSR count). The Labute approximate surface area is 145 Å². The van der Waals surface area contributed by atoms with E-state index in [0.29, 0.717) is 6.54 Å². The minimum Gasteiger partial charge on any atom is -0.360 e. The van der Waals surface area contributed by atoms with Crippen molar-refractivity contribution in [1.82, 2.24) is 15.2 Å². The molecule has 0 unspecified atom stereocenters. The maximum atomic E-state index is 12.7. The summed E-state index contributed by atoms with van der Waals surface area (Å²) in [6, 6.07) is 12.5. The Morgan fingerprint density at radius 3 is 2.83 bits per heavy atom. The zero-order valence-corrected chi connectivity index (χ0v) is 14.3.